The summed E-state index contributed by atoms with van der Waals surface area (Å²) in [4.78, 5) is 4.05. The monoisotopic (exact) mass is 384 g/mol. The molecule has 2 aromatic rings. The molecule has 0 saturated heterocycles. The van der Waals surface area contributed by atoms with E-state index in [0.29, 0.717) is 0 Å². The van der Waals surface area contributed by atoms with Crippen LogP contribution in [0.4, 0.5) is 13.2 Å². The Kier molecular flexibility index (Phi) is 8.15. The molecule has 0 spiro atoms. The van der Waals surface area contributed by atoms with E-state index >= 15 is 0 Å². The Morgan fingerprint density at radius 3 is 2.08 bits per heavy atom. The zero-order chi connectivity index (χ0) is 20.0. The number of aryl methyl sites for hydroxylation is 1. The maximum atomic E-state index is 13.4. The van der Waals surface area contributed by atoms with Crippen molar-refractivity contribution in [2.45, 2.75) is 58.5 Å². The normalized spacial score (nSPS) is 13.0. The first-order valence-corrected chi connectivity index (χ1v) is 9.42. The predicted molar refractivity (Wildman–Crippen MR) is 104 cm³/mol. The summed E-state index contributed by atoms with van der Waals surface area (Å²) in [6.45, 7) is 11.9. The van der Waals surface area contributed by atoms with Crippen LogP contribution in [0.15, 0.2) is 42.6 Å². The lowest BCUT2D eigenvalue weighted by atomic mass is 9.99. The molecule has 1 N–H and O–H groups in total. The Morgan fingerprint density at radius 1 is 1.00 bits per heavy atom. The second kappa shape index (κ2) is 9.42. The molecule has 0 saturated carbocycles. The first-order chi connectivity index (χ1) is 12.1. The van der Waals surface area contributed by atoms with E-state index in [2.05, 4.69) is 9.71 Å². The number of benzene rings is 1. The van der Waals surface area contributed by atoms with E-state index in [1.165, 1.54) is 24.2 Å². The molecule has 144 valence electrons. The van der Waals surface area contributed by atoms with Gasteiger partial charge in [0.05, 0.1) is 17.3 Å². The zero-order valence-electron chi connectivity index (χ0n) is 16.1. The van der Waals surface area contributed by atoms with Gasteiger partial charge in [0.2, 0.25) is 0 Å². The van der Waals surface area contributed by atoms with Crippen molar-refractivity contribution >= 4 is 11.9 Å². The van der Waals surface area contributed by atoms with Crippen molar-refractivity contribution in [3.05, 3.63) is 65.0 Å². The third kappa shape index (κ3) is 6.65. The number of aromatic nitrogens is 1. The lowest BCUT2D eigenvalue weighted by Crippen LogP contribution is -2.26. The maximum absolute atomic E-state index is 13.4. The SMILES string of the molecule is CC.Cc1ccc(C(NSC(C)(C)C)c2ncccc2C(F)(F)F)cc1. The van der Waals surface area contributed by atoms with Crippen LogP contribution in [0.2, 0.25) is 0 Å². The van der Waals surface area contributed by atoms with Gasteiger partial charge in [-0.15, -0.1) is 0 Å². The Bertz CT molecular complexity index is 677. The lowest BCUT2D eigenvalue weighted by Gasteiger charge is -2.26. The molecule has 0 amide bonds. The highest BCUT2D eigenvalue weighted by Crippen LogP contribution is 2.37. The van der Waals surface area contributed by atoms with Crippen molar-refractivity contribution in [2.75, 3.05) is 0 Å². The van der Waals surface area contributed by atoms with Gasteiger partial charge in [-0.2, -0.15) is 13.2 Å². The average Bonchev–Trinajstić information content (AvgIpc) is 2.57. The standard InChI is InChI=1S/C18H21F3N2S.C2H6/c1-12-7-9-13(10-8-12)15(23-24-17(2,3)4)16-14(18(19,20)21)6-5-11-22-16;1-2/h5-11,15,23H,1-4H3;1-2H3. The van der Waals surface area contributed by atoms with Crippen molar-refractivity contribution in [2.24, 2.45) is 0 Å². The number of hydrogen-bond acceptors (Lipinski definition) is 3. The molecule has 0 aliphatic heterocycles. The first kappa shape index (κ1) is 22.5. The summed E-state index contributed by atoms with van der Waals surface area (Å²) < 4.78 is 43.2. The van der Waals surface area contributed by atoms with E-state index in [9.17, 15) is 13.2 Å². The van der Waals surface area contributed by atoms with E-state index in [1.807, 2.05) is 65.8 Å². The van der Waals surface area contributed by atoms with E-state index < -0.39 is 17.8 Å². The average molecular weight is 385 g/mol. The summed E-state index contributed by atoms with van der Waals surface area (Å²) in [6, 6.07) is 9.20. The highest BCUT2D eigenvalue weighted by molar-refractivity contribution is 7.98. The van der Waals surface area contributed by atoms with Crippen molar-refractivity contribution in [3.8, 4) is 0 Å². The van der Waals surface area contributed by atoms with Gasteiger partial charge in [-0.1, -0.05) is 55.6 Å². The molecular formula is C20H27F3N2S. The Hall–Kier alpha value is -1.53. The number of halogens is 3. The third-order valence-electron chi connectivity index (χ3n) is 3.31. The molecule has 0 bridgehead atoms. The second-order valence-corrected chi connectivity index (χ2v) is 8.27. The quantitative estimate of drug-likeness (QED) is 0.604. The van der Waals surface area contributed by atoms with Crippen LogP contribution >= 0.6 is 11.9 Å². The van der Waals surface area contributed by atoms with Gasteiger partial charge < -0.3 is 0 Å². The Morgan fingerprint density at radius 2 is 1.58 bits per heavy atom. The Balaban J connectivity index is 0.00000163. The molecule has 1 unspecified atom stereocenters. The van der Waals surface area contributed by atoms with E-state index in [0.717, 1.165) is 17.2 Å². The molecule has 1 heterocycles. The van der Waals surface area contributed by atoms with E-state index in [-0.39, 0.29) is 10.4 Å². The highest BCUT2D eigenvalue weighted by atomic mass is 32.2. The number of pyridine rings is 1. The molecular weight excluding hydrogens is 357 g/mol. The van der Waals surface area contributed by atoms with Crippen LogP contribution in [0.3, 0.4) is 0 Å². The molecule has 1 aromatic heterocycles. The number of nitrogens with zero attached hydrogens (tertiary/aromatic N) is 1. The smallest absolute Gasteiger partial charge is 0.259 e. The fourth-order valence-electron chi connectivity index (χ4n) is 2.16. The largest absolute Gasteiger partial charge is 0.418 e. The summed E-state index contributed by atoms with van der Waals surface area (Å²) >= 11 is 1.40. The predicted octanol–water partition coefficient (Wildman–Crippen LogP) is 6.56. The number of rotatable bonds is 4. The van der Waals surface area contributed by atoms with Gasteiger partial charge >= 0.3 is 6.18 Å². The molecule has 1 aromatic carbocycles. The van der Waals surface area contributed by atoms with Crippen molar-refractivity contribution in [3.63, 3.8) is 0 Å². The van der Waals surface area contributed by atoms with Crippen LogP contribution in [-0.4, -0.2) is 9.73 Å². The number of alkyl halides is 3. The molecule has 0 aliphatic carbocycles. The maximum Gasteiger partial charge on any atom is 0.418 e. The third-order valence-corrected chi connectivity index (χ3v) is 4.28. The van der Waals surface area contributed by atoms with Crippen LogP contribution in [0.1, 0.15) is 63.0 Å². The van der Waals surface area contributed by atoms with Crippen LogP contribution in [0.25, 0.3) is 0 Å². The molecule has 6 heteroatoms. The molecule has 0 aliphatic rings. The van der Waals surface area contributed by atoms with Crippen molar-refractivity contribution in [1.29, 1.82) is 0 Å². The number of hydrogen-bond donors (Lipinski definition) is 1. The van der Waals surface area contributed by atoms with Crippen LogP contribution in [0.5, 0.6) is 0 Å². The molecule has 26 heavy (non-hydrogen) atoms. The molecule has 2 rings (SSSR count). The lowest BCUT2D eigenvalue weighted by molar-refractivity contribution is -0.138. The fraction of sp³-hybridized carbons (Fsp3) is 0.450. The van der Waals surface area contributed by atoms with Gasteiger partial charge in [0, 0.05) is 10.9 Å². The van der Waals surface area contributed by atoms with Crippen LogP contribution in [-0.2, 0) is 6.18 Å². The van der Waals surface area contributed by atoms with Gasteiger partial charge in [0.15, 0.2) is 0 Å². The summed E-state index contributed by atoms with van der Waals surface area (Å²) in [5, 5.41) is 0. The van der Waals surface area contributed by atoms with Crippen molar-refractivity contribution < 1.29 is 13.2 Å². The van der Waals surface area contributed by atoms with Crippen molar-refractivity contribution in [1.82, 2.24) is 9.71 Å². The van der Waals surface area contributed by atoms with Gasteiger partial charge in [0.1, 0.15) is 0 Å². The van der Waals surface area contributed by atoms with Gasteiger partial charge in [-0.05, 0) is 45.4 Å². The summed E-state index contributed by atoms with van der Waals surface area (Å²) in [7, 11) is 0. The fourth-order valence-corrected chi connectivity index (χ4v) is 2.88. The number of nitrogens with one attached hydrogen (secondary N) is 1. The van der Waals surface area contributed by atoms with E-state index in [1.54, 1.807) is 0 Å². The Labute approximate surface area is 158 Å². The highest BCUT2D eigenvalue weighted by Gasteiger charge is 2.36. The summed E-state index contributed by atoms with van der Waals surface area (Å²) in [6.07, 6.45) is -3.05. The molecule has 0 radical (unpaired) electrons. The molecule has 2 nitrogen and oxygen atoms in total. The van der Waals surface area contributed by atoms with Gasteiger partial charge in [0.25, 0.3) is 0 Å². The van der Waals surface area contributed by atoms with E-state index in [4.69, 9.17) is 0 Å². The topological polar surface area (TPSA) is 24.9 Å². The molecule has 0 fully saturated rings. The van der Waals surface area contributed by atoms with Gasteiger partial charge in [-0.3, -0.25) is 9.71 Å². The summed E-state index contributed by atoms with van der Waals surface area (Å²) in [5.41, 5.74) is 1.09. The first-order valence-electron chi connectivity index (χ1n) is 8.60. The minimum absolute atomic E-state index is 0.00870. The molecule has 1 atom stereocenters. The van der Waals surface area contributed by atoms with Crippen LogP contribution < -0.4 is 4.72 Å². The second-order valence-electron chi connectivity index (χ2n) is 6.61. The summed E-state index contributed by atoms with van der Waals surface area (Å²) in [5.74, 6) is 0. The zero-order valence-corrected chi connectivity index (χ0v) is 16.9. The van der Waals surface area contributed by atoms with Crippen LogP contribution in [0, 0.1) is 6.92 Å². The minimum Gasteiger partial charge on any atom is -0.259 e. The van der Waals surface area contributed by atoms with Gasteiger partial charge in [-0.25, -0.2) is 0 Å². The minimum atomic E-state index is -4.44.